The maximum atomic E-state index is 6.36. The fourth-order valence-corrected chi connectivity index (χ4v) is 2.73. The molecule has 146 valence electrons. The number of halogens is 1. The van der Waals surface area contributed by atoms with Crippen molar-refractivity contribution < 1.29 is 9.47 Å². The summed E-state index contributed by atoms with van der Waals surface area (Å²) in [6.45, 7) is 5.28. The molecule has 1 aromatic heterocycles. The number of methoxy groups -OCH3 is 1. The van der Waals surface area contributed by atoms with Gasteiger partial charge in [0.25, 0.3) is 0 Å². The van der Waals surface area contributed by atoms with E-state index < -0.39 is 0 Å². The van der Waals surface area contributed by atoms with Crippen molar-refractivity contribution in [2.24, 2.45) is 11.7 Å². The summed E-state index contributed by atoms with van der Waals surface area (Å²) in [5.41, 5.74) is 8.19. The summed E-state index contributed by atoms with van der Waals surface area (Å²) in [5, 5.41) is 0.536. The molecule has 0 amide bonds. The lowest BCUT2D eigenvalue weighted by atomic mass is 10.1. The second-order valence-corrected chi connectivity index (χ2v) is 7.12. The zero-order valence-corrected chi connectivity index (χ0v) is 16.9. The summed E-state index contributed by atoms with van der Waals surface area (Å²) >= 11 is 6.36. The van der Waals surface area contributed by atoms with Crippen LogP contribution in [0.25, 0.3) is 22.8 Å². The third kappa shape index (κ3) is 4.77. The molecule has 2 N–H and O–H groups in total. The van der Waals surface area contributed by atoms with Gasteiger partial charge in [-0.25, -0.2) is 4.98 Å². The topological polar surface area (TPSA) is 83.2 Å². The molecule has 0 fully saturated rings. The molecule has 1 heterocycles. The van der Waals surface area contributed by atoms with Crippen LogP contribution in [0.15, 0.2) is 42.5 Å². The van der Waals surface area contributed by atoms with E-state index in [1.165, 1.54) is 7.11 Å². The van der Waals surface area contributed by atoms with Crippen LogP contribution in [-0.4, -0.2) is 28.7 Å². The highest BCUT2D eigenvalue weighted by Gasteiger charge is 2.14. The summed E-state index contributed by atoms with van der Waals surface area (Å²) in [4.78, 5) is 13.3. The van der Waals surface area contributed by atoms with E-state index in [1.54, 1.807) is 6.07 Å². The molecule has 0 unspecified atom stereocenters. The van der Waals surface area contributed by atoms with Crippen LogP contribution >= 0.6 is 11.6 Å². The van der Waals surface area contributed by atoms with Crippen molar-refractivity contribution >= 4 is 11.6 Å². The fourth-order valence-electron chi connectivity index (χ4n) is 2.53. The van der Waals surface area contributed by atoms with Gasteiger partial charge in [-0.3, -0.25) is 0 Å². The van der Waals surface area contributed by atoms with Gasteiger partial charge in [0.15, 0.2) is 11.6 Å². The van der Waals surface area contributed by atoms with E-state index in [-0.39, 0.29) is 6.01 Å². The zero-order valence-electron chi connectivity index (χ0n) is 16.1. The van der Waals surface area contributed by atoms with Crippen molar-refractivity contribution in [2.45, 2.75) is 20.4 Å². The minimum absolute atomic E-state index is 0.217. The summed E-state index contributed by atoms with van der Waals surface area (Å²) in [5.74, 6) is 2.19. The smallest absolute Gasteiger partial charge is 0.320 e. The molecule has 0 atom stereocenters. The minimum atomic E-state index is 0.217. The Bertz CT molecular complexity index is 946. The maximum Gasteiger partial charge on any atom is 0.320 e. The number of nitrogens with zero attached hydrogens (tertiary/aromatic N) is 3. The van der Waals surface area contributed by atoms with E-state index in [0.29, 0.717) is 41.3 Å². The summed E-state index contributed by atoms with van der Waals surface area (Å²) in [7, 11) is 1.52. The van der Waals surface area contributed by atoms with Gasteiger partial charge in [-0.1, -0.05) is 31.5 Å². The molecule has 6 nitrogen and oxygen atoms in total. The Labute approximate surface area is 169 Å². The molecule has 2 aromatic carbocycles. The molecular formula is C21H23ClN4O2. The van der Waals surface area contributed by atoms with Crippen LogP contribution in [-0.2, 0) is 6.54 Å². The molecule has 0 radical (unpaired) electrons. The largest absolute Gasteiger partial charge is 0.493 e. The predicted molar refractivity (Wildman–Crippen MR) is 110 cm³/mol. The molecule has 0 bridgehead atoms. The number of benzene rings is 2. The Balaban J connectivity index is 1.98. The fraction of sp³-hybridized carbons (Fsp3) is 0.286. The van der Waals surface area contributed by atoms with E-state index in [0.717, 1.165) is 16.9 Å². The quantitative estimate of drug-likeness (QED) is 0.636. The number of ether oxygens (including phenoxy) is 2. The second-order valence-electron chi connectivity index (χ2n) is 6.72. The lowest BCUT2D eigenvalue weighted by Gasteiger charge is -2.10. The van der Waals surface area contributed by atoms with Crippen LogP contribution in [0.2, 0.25) is 5.02 Å². The van der Waals surface area contributed by atoms with Gasteiger partial charge in [0.1, 0.15) is 5.75 Å². The van der Waals surface area contributed by atoms with Gasteiger partial charge >= 0.3 is 6.01 Å². The average molecular weight is 399 g/mol. The van der Waals surface area contributed by atoms with Gasteiger partial charge in [-0.2, -0.15) is 9.97 Å². The van der Waals surface area contributed by atoms with Gasteiger partial charge in [-0.05, 0) is 47.9 Å². The number of hydrogen-bond donors (Lipinski definition) is 1. The molecule has 7 heteroatoms. The highest BCUT2D eigenvalue weighted by Crippen LogP contribution is 2.29. The first-order chi connectivity index (χ1) is 13.5. The summed E-state index contributed by atoms with van der Waals surface area (Å²) in [6, 6.07) is 13.4. The number of nitrogens with two attached hydrogens (primary N) is 1. The van der Waals surface area contributed by atoms with Crippen molar-refractivity contribution in [3.63, 3.8) is 0 Å². The van der Waals surface area contributed by atoms with Gasteiger partial charge in [-0.15, -0.1) is 0 Å². The van der Waals surface area contributed by atoms with Crippen molar-refractivity contribution in [3.8, 4) is 34.5 Å². The Kier molecular flexibility index (Phi) is 6.44. The van der Waals surface area contributed by atoms with E-state index in [9.17, 15) is 0 Å². The van der Waals surface area contributed by atoms with Crippen LogP contribution in [0.4, 0.5) is 0 Å². The minimum Gasteiger partial charge on any atom is -0.493 e. The van der Waals surface area contributed by atoms with Gasteiger partial charge in [0.05, 0.1) is 18.7 Å². The van der Waals surface area contributed by atoms with Crippen LogP contribution in [0.3, 0.4) is 0 Å². The number of aromatic nitrogens is 3. The molecule has 0 aliphatic rings. The van der Waals surface area contributed by atoms with Crippen LogP contribution in [0, 0.1) is 5.92 Å². The predicted octanol–water partition coefficient (Wildman–Crippen LogP) is 4.36. The van der Waals surface area contributed by atoms with Crippen LogP contribution in [0.5, 0.6) is 11.8 Å². The van der Waals surface area contributed by atoms with Gasteiger partial charge in [0, 0.05) is 17.7 Å². The highest BCUT2D eigenvalue weighted by atomic mass is 35.5. The Hall–Kier alpha value is -2.70. The zero-order chi connectivity index (χ0) is 20.1. The molecule has 3 aromatic rings. The molecule has 0 saturated carbocycles. The van der Waals surface area contributed by atoms with Crippen LogP contribution < -0.4 is 15.2 Å². The average Bonchev–Trinajstić information content (AvgIpc) is 2.72. The van der Waals surface area contributed by atoms with Gasteiger partial charge < -0.3 is 15.2 Å². The Morgan fingerprint density at radius 2 is 1.71 bits per heavy atom. The molecule has 3 rings (SSSR count). The van der Waals surface area contributed by atoms with Crippen molar-refractivity contribution in [1.82, 2.24) is 15.0 Å². The van der Waals surface area contributed by atoms with E-state index >= 15 is 0 Å². The lowest BCUT2D eigenvalue weighted by Crippen LogP contribution is -2.04. The first kappa shape index (κ1) is 20.0. The molecule has 0 spiro atoms. The normalized spacial score (nSPS) is 10.9. The second kappa shape index (κ2) is 8.99. The van der Waals surface area contributed by atoms with Gasteiger partial charge in [0.2, 0.25) is 0 Å². The van der Waals surface area contributed by atoms with E-state index in [2.05, 4.69) is 28.8 Å². The highest BCUT2D eigenvalue weighted by molar-refractivity contribution is 6.33. The third-order valence-electron chi connectivity index (χ3n) is 4.00. The van der Waals surface area contributed by atoms with Crippen molar-refractivity contribution in [2.75, 3.05) is 13.7 Å². The molecular weight excluding hydrogens is 376 g/mol. The summed E-state index contributed by atoms with van der Waals surface area (Å²) < 4.78 is 11.0. The SMILES string of the molecule is COc1nc(-c2ccc(OCC(C)C)cc2)nc(-c2cc(CN)ccc2Cl)n1. The molecule has 0 saturated heterocycles. The molecule has 28 heavy (non-hydrogen) atoms. The van der Waals surface area contributed by atoms with Crippen LogP contribution in [0.1, 0.15) is 19.4 Å². The first-order valence-corrected chi connectivity index (χ1v) is 9.40. The first-order valence-electron chi connectivity index (χ1n) is 9.02. The van der Waals surface area contributed by atoms with Crippen molar-refractivity contribution in [1.29, 1.82) is 0 Å². The molecule has 0 aliphatic carbocycles. The third-order valence-corrected chi connectivity index (χ3v) is 4.33. The number of rotatable bonds is 7. The monoisotopic (exact) mass is 398 g/mol. The molecule has 0 aliphatic heterocycles. The van der Waals surface area contributed by atoms with E-state index in [4.69, 9.17) is 26.8 Å². The standard InChI is InChI=1S/C21H23ClN4O2/c1-13(2)12-28-16-7-5-15(6-8-16)19-24-20(26-21(25-19)27-3)17-10-14(11-23)4-9-18(17)22/h4-10,13H,11-12,23H2,1-3H3. The van der Waals surface area contributed by atoms with E-state index in [1.807, 2.05) is 36.4 Å². The Morgan fingerprint density at radius 1 is 1.00 bits per heavy atom. The number of hydrogen-bond acceptors (Lipinski definition) is 6. The summed E-state index contributed by atoms with van der Waals surface area (Å²) in [6.07, 6.45) is 0. The Morgan fingerprint density at radius 3 is 2.36 bits per heavy atom. The van der Waals surface area contributed by atoms with Crippen molar-refractivity contribution in [3.05, 3.63) is 53.1 Å². The maximum absolute atomic E-state index is 6.36. The lowest BCUT2D eigenvalue weighted by molar-refractivity contribution is 0.271.